The Morgan fingerprint density at radius 3 is 2.80 bits per heavy atom. The van der Waals surface area contributed by atoms with Gasteiger partial charge in [-0.05, 0) is 43.3 Å². The molecular weight excluding hydrogens is 325 g/mol. The Kier molecular flexibility index (Phi) is 4.74. The second kappa shape index (κ2) is 7.12. The lowest BCUT2D eigenvalue weighted by atomic mass is 10.1. The van der Waals surface area contributed by atoms with Gasteiger partial charge < -0.3 is 9.26 Å². The average Bonchev–Trinajstić information content (AvgIpc) is 3.05. The van der Waals surface area contributed by atoms with E-state index in [2.05, 4.69) is 15.5 Å². The molecule has 1 atom stereocenters. The molecule has 128 valence electrons. The maximum Gasteiger partial charge on any atom is 0.270 e. The van der Waals surface area contributed by atoms with Gasteiger partial charge in [0.25, 0.3) is 17.7 Å². The highest BCUT2D eigenvalue weighted by molar-refractivity contribution is 5.92. The van der Waals surface area contributed by atoms with E-state index in [0.717, 1.165) is 11.1 Å². The quantitative estimate of drug-likeness (QED) is 0.767. The van der Waals surface area contributed by atoms with Crippen LogP contribution in [0.5, 0.6) is 5.75 Å². The van der Waals surface area contributed by atoms with Crippen LogP contribution in [0.2, 0.25) is 0 Å². The molecule has 1 N–H and O–H groups in total. The lowest BCUT2D eigenvalue weighted by Gasteiger charge is -2.13. The Bertz CT molecular complexity index is 895. The summed E-state index contributed by atoms with van der Waals surface area (Å²) in [5.74, 6) is -0.742. The molecule has 0 saturated carbocycles. The molecular formula is C18H16FN3O3. The van der Waals surface area contributed by atoms with Crippen LogP contribution in [0.3, 0.4) is 0 Å². The highest BCUT2D eigenvalue weighted by atomic mass is 19.1. The SMILES string of the molecule is Cc1cccc(-c2nc(NC(=O)[C@H](C)Oc3ccccc3F)no2)c1. The van der Waals surface area contributed by atoms with Gasteiger partial charge in [0.15, 0.2) is 17.7 Å². The zero-order valence-electron chi connectivity index (χ0n) is 13.7. The van der Waals surface area contributed by atoms with Crippen molar-refractivity contribution in [3.63, 3.8) is 0 Å². The van der Waals surface area contributed by atoms with E-state index in [1.165, 1.54) is 19.1 Å². The van der Waals surface area contributed by atoms with E-state index in [4.69, 9.17) is 9.26 Å². The number of para-hydroxylation sites is 1. The summed E-state index contributed by atoms with van der Waals surface area (Å²) in [6, 6.07) is 13.4. The Balaban J connectivity index is 1.66. The largest absolute Gasteiger partial charge is 0.478 e. The normalized spacial score (nSPS) is 11.8. The fraction of sp³-hybridized carbons (Fsp3) is 0.167. The van der Waals surface area contributed by atoms with Gasteiger partial charge >= 0.3 is 0 Å². The van der Waals surface area contributed by atoms with Gasteiger partial charge in [-0.1, -0.05) is 29.8 Å². The number of benzene rings is 2. The van der Waals surface area contributed by atoms with Crippen LogP contribution in [0.4, 0.5) is 10.3 Å². The fourth-order valence-corrected chi connectivity index (χ4v) is 2.17. The minimum atomic E-state index is -0.933. The Morgan fingerprint density at radius 2 is 2.04 bits per heavy atom. The second-order valence-electron chi connectivity index (χ2n) is 5.47. The summed E-state index contributed by atoms with van der Waals surface area (Å²) in [6.45, 7) is 3.45. The molecule has 0 aliphatic heterocycles. The molecule has 3 aromatic rings. The van der Waals surface area contributed by atoms with Crippen LogP contribution >= 0.6 is 0 Å². The average molecular weight is 341 g/mol. The maximum atomic E-state index is 13.6. The van der Waals surface area contributed by atoms with Crippen molar-refractivity contribution in [1.82, 2.24) is 10.1 Å². The minimum absolute atomic E-state index is 0.00119. The maximum absolute atomic E-state index is 13.6. The molecule has 0 aliphatic carbocycles. The number of carbonyl (C=O) groups is 1. The molecule has 0 unspecified atom stereocenters. The number of aromatic nitrogens is 2. The van der Waals surface area contributed by atoms with Gasteiger partial charge in [-0.2, -0.15) is 4.98 Å². The van der Waals surface area contributed by atoms with Gasteiger partial charge in [-0.15, -0.1) is 0 Å². The Morgan fingerprint density at radius 1 is 1.24 bits per heavy atom. The third-order valence-electron chi connectivity index (χ3n) is 3.44. The van der Waals surface area contributed by atoms with Gasteiger partial charge in [0, 0.05) is 5.56 Å². The third kappa shape index (κ3) is 4.00. The van der Waals surface area contributed by atoms with Gasteiger partial charge in [-0.3, -0.25) is 10.1 Å². The summed E-state index contributed by atoms with van der Waals surface area (Å²) in [4.78, 5) is 16.3. The van der Waals surface area contributed by atoms with Crippen LogP contribution in [-0.2, 0) is 4.79 Å². The number of amides is 1. The topological polar surface area (TPSA) is 77.2 Å². The molecule has 25 heavy (non-hydrogen) atoms. The molecule has 2 aromatic carbocycles. The molecule has 3 rings (SSSR count). The zero-order chi connectivity index (χ0) is 17.8. The van der Waals surface area contributed by atoms with Crippen LogP contribution in [0.15, 0.2) is 53.1 Å². The number of aryl methyl sites for hydroxylation is 1. The first-order valence-corrected chi connectivity index (χ1v) is 7.66. The molecule has 0 aliphatic rings. The molecule has 1 aromatic heterocycles. The van der Waals surface area contributed by atoms with Gasteiger partial charge in [0.1, 0.15) is 0 Å². The number of anilines is 1. The molecule has 1 amide bonds. The number of halogens is 1. The van der Waals surface area contributed by atoms with E-state index in [-0.39, 0.29) is 11.7 Å². The van der Waals surface area contributed by atoms with Crippen LogP contribution in [0.1, 0.15) is 12.5 Å². The van der Waals surface area contributed by atoms with Crippen molar-refractivity contribution >= 4 is 11.9 Å². The monoisotopic (exact) mass is 341 g/mol. The van der Waals surface area contributed by atoms with Crippen LogP contribution in [-0.4, -0.2) is 22.2 Å². The first-order valence-electron chi connectivity index (χ1n) is 7.66. The fourth-order valence-electron chi connectivity index (χ4n) is 2.17. The molecule has 0 bridgehead atoms. The number of rotatable bonds is 5. The summed E-state index contributed by atoms with van der Waals surface area (Å²) in [5, 5.41) is 6.21. The second-order valence-corrected chi connectivity index (χ2v) is 5.47. The number of hydrogen-bond acceptors (Lipinski definition) is 5. The van der Waals surface area contributed by atoms with Crippen molar-refractivity contribution in [1.29, 1.82) is 0 Å². The Labute approximate surface area is 143 Å². The number of nitrogens with zero attached hydrogens (tertiary/aromatic N) is 2. The van der Waals surface area contributed by atoms with E-state index >= 15 is 0 Å². The Hall–Kier alpha value is -3.22. The lowest BCUT2D eigenvalue weighted by molar-refractivity contribution is -0.122. The number of hydrogen-bond donors (Lipinski definition) is 1. The minimum Gasteiger partial charge on any atom is -0.478 e. The van der Waals surface area contributed by atoms with Crippen molar-refractivity contribution in [2.24, 2.45) is 0 Å². The smallest absolute Gasteiger partial charge is 0.270 e. The molecule has 6 nitrogen and oxygen atoms in total. The van der Waals surface area contributed by atoms with Gasteiger partial charge in [-0.25, -0.2) is 4.39 Å². The van der Waals surface area contributed by atoms with Crippen LogP contribution < -0.4 is 10.1 Å². The summed E-state index contributed by atoms with van der Waals surface area (Å²) in [6.07, 6.45) is -0.933. The van der Waals surface area contributed by atoms with Crippen molar-refractivity contribution in [2.75, 3.05) is 5.32 Å². The summed E-state index contributed by atoms with van der Waals surface area (Å²) in [7, 11) is 0. The predicted octanol–water partition coefficient (Wildman–Crippen LogP) is 3.59. The van der Waals surface area contributed by atoms with Crippen molar-refractivity contribution in [2.45, 2.75) is 20.0 Å². The van der Waals surface area contributed by atoms with E-state index in [9.17, 15) is 9.18 Å². The van der Waals surface area contributed by atoms with Crippen molar-refractivity contribution < 1.29 is 18.4 Å². The third-order valence-corrected chi connectivity index (χ3v) is 3.44. The van der Waals surface area contributed by atoms with Crippen LogP contribution in [0, 0.1) is 12.7 Å². The van der Waals surface area contributed by atoms with E-state index in [1.807, 2.05) is 31.2 Å². The lowest BCUT2D eigenvalue weighted by Crippen LogP contribution is -2.30. The molecule has 0 saturated heterocycles. The molecule has 1 heterocycles. The molecule has 0 radical (unpaired) electrons. The van der Waals surface area contributed by atoms with Crippen molar-refractivity contribution in [3.8, 4) is 17.2 Å². The van der Waals surface area contributed by atoms with Crippen molar-refractivity contribution in [3.05, 3.63) is 59.9 Å². The highest BCUT2D eigenvalue weighted by Gasteiger charge is 2.19. The van der Waals surface area contributed by atoms with E-state index in [1.54, 1.807) is 12.1 Å². The summed E-state index contributed by atoms with van der Waals surface area (Å²) >= 11 is 0. The van der Waals surface area contributed by atoms with Crippen LogP contribution in [0.25, 0.3) is 11.5 Å². The first kappa shape index (κ1) is 16.6. The molecule has 0 fully saturated rings. The first-order chi connectivity index (χ1) is 12.0. The molecule has 0 spiro atoms. The number of nitrogens with one attached hydrogen (secondary N) is 1. The van der Waals surface area contributed by atoms with E-state index < -0.39 is 17.8 Å². The molecule has 7 heteroatoms. The predicted molar refractivity (Wildman–Crippen MR) is 89.6 cm³/mol. The number of ether oxygens (including phenoxy) is 1. The van der Waals surface area contributed by atoms with Gasteiger partial charge in [0.05, 0.1) is 0 Å². The zero-order valence-corrected chi connectivity index (χ0v) is 13.7. The number of carbonyl (C=O) groups excluding carboxylic acids is 1. The van der Waals surface area contributed by atoms with Gasteiger partial charge in [0.2, 0.25) is 0 Å². The summed E-state index contributed by atoms with van der Waals surface area (Å²) < 4.78 is 24.0. The highest BCUT2D eigenvalue weighted by Crippen LogP contribution is 2.20. The summed E-state index contributed by atoms with van der Waals surface area (Å²) in [5.41, 5.74) is 1.80. The van der Waals surface area contributed by atoms with E-state index in [0.29, 0.717) is 5.89 Å². The standard InChI is InChI=1S/C18H16FN3O3/c1-11-6-5-7-13(10-11)17-21-18(22-25-17)20-16(23)12(2)24-15-9-4-3-8-14(15)19/h3-10,12H,1-2H3,(H,20,22,23)/t12-/m0/s1.